The van der Waals surface area contributed by atoms with Gasteiger partial charge in [-0.05, 0) is 19.3 Å². The minimum atomic E-state index is -0.0947. The van der Waals surface area contributed by atoms with Crippen LogP contribution in [0.15, 0.2) is 0 Å². The van der Waals surface area contributed by atoms with Crippen LogP contribution in [0.4, 0.5) is 0 Å². The highest BCUT2D eigenvalue weighted by atomic mass is 16.3. The van der Waals surface area contributed by atoms with E-state index in [1.54, 1.807) is 0 Å². The van der Waals surface area contributed by atoms with Crippen LogP contribution < -0.4 is 11.1 Å². The van der Waals surface area contributed by atoms with Gasteiger partial charge in [0.05, 0.1) is 0 Å². The number of nitrogens with one attached hydrogen (secondary N) is 1. The molecule has 0 heterocycles. The second kappa shape index (κ2) is 7.76. The Morgan fingerprint density at radius 1 is 1.43 bits per heavy atom. The summed E-state index contributed by atoms with van der Waals surface area (Å²) in [6, 6.07) is 0.0769. The average molecular weight is 202 g/mol. The first-order valence-electron chi connectivity index (χ1n) is 5.30. The molecule has 0 aliphatic heterocycles. The predicted molar refractivity (Wildman–Crippen MR) is 56.8 cm³/mol. The van der Waals surface area contributed by atoms with Crippen molar-refractivity contribution in [3.63, 3.8) is 0 Å². The summed E-state index contributed by atoms with van der Waals surface area (Å²) in [4.78, 5) is 11.6. The Morgan fingerprint density at radius 2 is 2.07 bits per heavy atom. The zero-order valence-corrected chi connectivity index (χ0v) is 9.12. The van der Waals surface area contributed by atoms with Crippen LogP contribution in [0.25, 0.3) is 0 Å². The third-order valence-corrected chi connectivity index (χ3v) is 2.46. The van der Waals surface area contributed by atoms with Gasteiger partial charge in [-0.25, -0.2) is 0 Å². The Labute approximate surface area is 85.9 Å². The Bertz CT molecular complexity index is 158. The minimum absolute atomic E-state index is 0.00954. The smallest absolute Gasteiger partial charge is 0.224 e. The maximum atomic E-state index is 11.6. The summed E-state index contributed by atoms with van der Waals surface area (Å²) in [7, 11) is 0. The van der Waals surface area contributed by atoms with Crippen molar-refractivity contribution in [1.82, 2.24) is 5.32 Å². The summed E-state index contributed by atoms with van der Waals surface area (Å²) in [5.41, 5.74) is 5.47. The Kier molecular flexibility index (Phi) is 7.42. The Morgan fingerprint density at radius 3 is 2.43 bits per heavy atom. The number of nitrogens with two attached hydrogens (primary N) is 1. The van der Waals surface area contributed by atoms with E-state index in [0.717, 1.165) is 12.8 Å². The molecule has 0 fully saturated rings. The summed E-state index contributed by atoms with van der Waals surface area (Å²) in [5.74, 6) is -0.0851. The van der Waals surface area contributed by atoms with E-state index in [4.69, 9.17) is 10.8 Å². The molecule has 84 valence electrons. The van der Waals surface area contributed by atoms with Crippen molar-refractivity contribution in [3.8, 4) is 0 Å². The highest BCUT2D eigenvalue weighted by molar-refractivity contribution is 5.79. The fourth-order valence-corrected chi connectivity index (χ4v) is 1.31. The van der Waals surface area contributed by atoms with Gasteiger partial charge < -0.3 is 16.2 Å². The van der Waals surface area contributed by atoms with Crippen LogP contribution in [-0.2, 0) is 4.79 Å². The number of carbonyl (C=O) groups excluding carboxylic acids is 1. The lowest BCUT2D eigenvalue weighted by Gasteiger charge is -2.19. The second-order valence-electron chi connectivity index (χ2n) is 3.47. The minimum Gasteiger partial charge on any atom is -0.396 e. The van der Waals surface area contributed by atoms with Gasteiger partial charge in [0.2, 0.25) is 5.91 Å². The lowest BCUT2D eigenvalue weighted by Crippen LogP contribution is -2.41. The van der Waals surface area contributed by atoms with Gasteiger partial charge in [-0.2, -0.15) is 0 Å². The predicted octanol–water partition coefficient (Wildman–Crippen LogP) is 0.249. The summed E-state index contributed by atoms with van der Waals surface area (Å²) in [6.07, 6.45) is 2.22. The largest absolute Gasteiger partial charge is 0.396 e. The lowest BCUT2D eigenvalue weighted by atomic mass is 10.0. The van der Waals surface area contributed by atoms with Gasteiger partial charge in [-0.1, -0.05) is 13.8 Å². The molecule has 0 rings (SSSR count). The molecule has 0 aromatic carbocycles. The number of rotatable bonds is 7. The van der Waals surface area contributed by atoms with Crippen LogP contribution in [0, 0.1) is 5.92 Å². The number of aliphatic hydroxyl groups excluding tert-OH is 1. The summed E-state index contributed by atoms with van der Waals surface area (Å²) in [6.45, 7) is 4.43. The molecule has 0 saturated heterocycles. The maximum absolute atomic E-state index is 11.6. The normalized spacial score (nSPS) is 14.9. The van der Waals surface area contributed by atoms with E-state index in [1.807, 2.05) is 13.8 Å². The van der Waals surface area contributed by atoms with Crippen molar-refractivity contribution in [2.75, 3.05) is 13.2 Å². The third kappa shape index (κ3) is 4.58. The van der Waals surface area contributed by atoms with E-state index in [1.165, 1.54) is 0 Å². The topological polar surface area (TPSA) is 75.3 Å². The monoisotopic (exact) mass is 202 g/mol. The van der Waals surface area contributed by atoms with Crippen LogP contribution in [0.3, 0.4) is 0 Å². The van der Waals surface area contributed by atoms with Crippen molar-refractivity contribution in [2.45, 2.75) is 39.2 Å². The van der Waals surface area contributed by atoms with Crippen LogP contribution in [0.5, 0.6) is 0 Å². The zero-order valence-electron chi connectivity index (χ0n) is 9.12. The van der Waals surface area contributed by atoms with Crippen LogP contribution in [-0.4, -0.2) is 30.2 Å². The number of hydrogen-bond donors (Lipinski definition) is 3. The Hall–Kier alpha value is -0.610. The molecule has 4 N–H and O–H groups in total. The number of carbonyl (C=O) groups is 1. The average Bonchev–Trinajstić information content (AvgIpc) is 2.19. The van der Waals surface area contributed by atoms with Crippen molar-refractivity contribution in [3.05, 3.63) is 0 Å². The standard InChI is InChI=1S/C10H22N2O2/c1-3-8(7-11)10(14)12-9(4-2)5-6-13/h8-9,13H,3-7,11H2,1-2H3,(H,12,14). The first kappa shape index (κ1) is 13.4. The van der Waals surface area contributed by atoms with Gasteiger partial charge in [-0.3, -0.25) is 4.79 Å². The molecule has 0 saturated carbocycles. The van der Waals surface area contributed by atoms with Crippen LogP contribution in [0.2, 0.25) is 0 Å². The fourth-order valence-electron chi connectivity index (χ4n) is 1.31. The van der Waals surface area contributed by atoms with Gasteiger partial charge >= 0.3 is 0 Å². The van der Waals surface area contributed by atoms with Crippen molar-refractivity contribution >= 4 is 5.91 Å². The van der Waals surface area contributed by atoms with E-state index in [9.17, 15) is 4.79 Å². The highest BCUT2D eigenvalue weighted by Crippen LogP contribution is 2.03. The van der Waals surface area contributed by atoms with Crippen LogP contribution >= 0.6 is 0 Å². The summed E-state index contributed by atoms with van der Waals surface area (Å²) >= 11 is 0. The fraction of sp³-hybridized carbons (Fsp3) is 0.900. The van der Waals surface area contributed by atoms with Gasteiger partial charge in [0.1, 0.15) is 0 Å². The highest BCUT2D eigenvalue weighted by Gasteiger charge is 2.17. The van der Waals surface area contributed by atoms with Crippen molar-refractivity contribution < 1.29 is 9.90 Å². The van der Waals surface area contributed by atoms with E-state index in [2.05, 4.69) is 5.32 Å². The van der Waals surface area contributed by atoms with E-state index >= 15 is 0 Å². The van der Waals surface area contributed by atoms with E-state index in [-0.39, 0.29) is 24.5 Å². The maximum Gasteiger partial charge on any atom is 0.224 e. The van der Waals surface area contributed by atoms with E-state index < -0.39 is 0 Å². The molecule has 1 amide bonds. The molecule has 14 heavy (non-hydrogen) atoms. The molecule has 0 aliphatic rings. The molecule has 4 heteroatoms. The Balaban J connectivity index is 3.99. The summed E-state index contributed by atoms with van der Waals surface area (Å²) < 4.78 is 0. The van der Waals surface area contributed by atoms with E-state index in [0.29, 0.717) is 13.0 Å². The van der Waals surface area contributed by atoms with Crippen LogP contribution in [0.1, 0.15) is 33.1 Å². The quantitative estimate of drug-likeness (QED) is 0.554. The molecule has 2 atom stereocenters. The SMILES string of the molecule is CCC(CCO)NC(=O)C(CC)CN. The molecule has 0 aromatic rings. The number of hydrogen-bond acceptors (Lipinski definition) is 3. The number of amides is 1. The molecule has 2 unspecified atom stereocenters. The van der Waals surface area contributed by atoms with Gasteiger partial charge in [0, 0.05) is 25.1 Å². The van der Waals surface area contributed by atoms with Gasteiger partial charge in [0.15, 0.2) is 0 Å². The zero-order chi connectivity index (χ0) is 11.0. The molecular formula is C10H22N2O2. The van der Waals surface area contributed by atoms with Gasteiger partial charge in [0.25, 0.3) is 0 Å². The third-order valence-electron chi connectivity index (χ3n) is 2.46. The first-order chi connectivity index (χ1) is 6.69. The number of aliphatic hydroxyl groups is 1. The molecular weight excluding hydrogens is 180 g/mol. The first-order valence-corrected chi connectivity index (χ1v) is 5.30. The lowest BCUT2D eigenvalue weighted by molar-refractivity contribution is -0.125. The summed E-state index contributed by atoms with van der Waals surface area (Å²) in [5, 5.41) is 11.6. The van der Waals surface area contributed by atoms with Crippen molar-refractivity contribution in [1.29, 1.82) is 0 Å². The molecule has 4 nitrogen and oxygen atoms in total. The molecule has 0 spiro atoms. The van der Waals surface area contributed by atoms with Crippen molar-refractivity contribution in [2.24, 2.45) is 11.7 Å². The second-order valence-corrected chi connectivity index (χ2v) is 3.47. The van der Waals surface area contributed by atoms with Gasteiger partial charge in [-0.15, -0.1) is 0 Å². The molecule has 0 aliphatic carbocycles. The molecule has 0 bridgehead atoms. The molecule has 0 radical (unpaired) electrons. The molecule has 0 aromatic heterocycles.